The molecule has 10 heteroatoms. The monoisotopic (exact) mass is 542 g/mol. The maximum Gasteiger partial charge on any atom is 0.279 e. The van der Waals surface area contributed by atoms with Crippen LogP contribution in [0.25, 0.3) is 0 Å². The van der Waals surface area contributed by atoms with Crippen LogP contribution in [-0.2, 0) is 19.8 Å². The zero-order chi connectivity index (χ0) is 26.9. The van der Waals surface area contributed by atoms with Crippen LogP contribution in [0.2, 0.25) is 0 Å². The Balaban J connectivity index is 1.45. The van der Waals surface area contributed by atoms with E-state index in [1.165, 1.54) is 27.4 Å². The topological polar surface area (TPSA) is 98.6 Å². The molecule has 8 nitrogen and oxygen atoms in total. The van der Waals surface area contributed by atoms with Gasteiger partial charge in [0.25, 0.3) is 10.2 Å². The molecule has 2 amide bonds. The van der Waals surface area contributed by atoms with Crippen LogP contribution in [-0.4, -0.2) is 49.7 Å². The van der Waals surface area contributed by atoms with Crippen molar-refractivity contribution in [3.8, 4) is 0 Å². The number of halogens is 1. The Bertz CT molecular complexity index is 1290. The Labute approximate surface area is 223 Å². The molecular formula is C28H35FN4O4S. The molecule has 204 valence electrons. The Kier molecular flexibility index (Phi) is 7.83. The van der Waals surface area contributed by atoms with E-state index >= 15 is 0 Å². The molecule has 1 saturated heterocycles. The number of hydrogen-bond acceptors (Lipinski definition) is 4. The van der Waals surface area contributed by atoms with E-state index in [9.17, 15) is 22.4 Å². The lowest BCUT2D eigenvalue weighted by atomic mass is 9.79. The molecule has 2 aromatic carbocycles. The second-order valence-electron chi connectivity index (χ2n) is 10.7. The van der Waals surface area contributed by atoms with Crippen molar-refractivity contribution in [2.45, 2.75) is 70.0 Å². The van der Waals surface area contributed by atoms with Gasteiger partial charge in [-0.1, -0.05) is 49.6 Å². The smallest absolute Gasteiger partial charge is 0.279 e. The van der Waals surface area contributed by atoms with Crippen molar-refractivity contribution in [3.63, 3.8) is 0 Å². The number of rotatable bonds is 9. The predicted molar refractivity (Wildman–Crippen MR) is 143 cm³/mol. The number of nitrogens with zero attached hydrogens (tertiary/aromatic N) is 2. The van der Waals surface area contributed by atoms with Gasteiger partial charge in [-0.15, -0.1) is 0 Å². The van der Waals surface area contributed by atoms with Gasteiger partial charge in [0.2, 0.25) is 11.8 Å². The Morgan fingerprint density at radius 1 is 1.00 bits per heavy atom. The highest BCUT2D eigenvalue weighted by Crippen LogP contribution is 2.37. The van der Waals surface area contributed by atoms with Crippen LogP contribution in [0, 0.1) is 18.7 Å². The van der Waals surface area contributed by atoms with E-state index in [0.717, 1.165) is 37.7 Å². The summed E-state index contributed by atoms with van der Waals surface area (Å²) >= 11 is 0. The third-order valence-electron chi connectivity index (χ3n) is 7.81. The summed E-state index contributed by atoms with van der Waals surface area (Å²) in [5.74, 6) is -1.60. The van der Waals surface area contributed by atoms with Crippen molar-refractivity contribution in [1.29, 1.82) is 0 Å². The van der Waals surface area contributed by atoms with Crippen LogP contribution in [0.3, 0.4) is 0 Å². The van der Waals surface area contributed by atoms with Crippen molar-refractivity contribution in [1.82, 2.24) is 14.3 Å². The number of carbonyl (C=O) groups excluding carboxylic acids is 2. The van der Waals surface area contributed by atoms with Crippen LogP contribution in [0.1, 0.15) is 62.1 Å². The number of nitrogens with one attached hydrogen (secondary N) is 2. The molecule has 0 bridgehead atoms. The fourth-order valence-electron chi connectivity index (χ4n) is 5.53. The molecule has 2 N–H and O–H groups in total. The third-order valence-corrected chi connectivity index (χ3v) is 9.49. The van der Waals surface area contributed by atoms with E-state index in [-0.39, 0.29) is 23.9 Å². The predicted octanol–water partition coefficient (Wildman–Crippen LogP) is 3.59. The number of carbonyl (C=O) groups is 2. The van der Waals surface area contributed by atoms with E-state index in [2.05, 4.69) is 10.0 Å². The molecule has 2 aromatic rings. The van der Waals surface area contributed by atoms with Crippen molar-refractivity contribution in [2.75, 3.05) is 18.0 Å². The van der Waals surface area contributed by atoms with Gasteiger partial charge in [-0.25, -0.2) is 4.39 Å². The molecule has 3 aliphatic rings. The van der Waals surface area contributed by atoms with E-state index in [4.69, 9.17) is 0 Å². The number of amides is 2. The van der Waals surface area contributed by atoms with Crippen LogP contribution in [0.15, 0.2) is 48.5 Å². The lowest BCUT2D eigenvalue weighted by Gasteiger charge is -2.41. The first kappa shape index (κ1) is 26.8. The van der Waals surface area contributed by atoms with Crippen molar-refractivity contribution < 1.29 is 22.4 Å². The molecule has 3 fully saturated rings. The molecule has 38 heavy (non-hydrogen) atoms. The molecule has 1 heterocycles. The largest absolute Gasteiger partial charge is 0.351 e. The van der Waals surface area contributed by atoms with Crippen molar-refractivity contribution in [3.05, 3.63) is 65.5 Å². The maximum absolute atomic E-state index is 14.4. The minimum Gasteiger partial charge on any atom is -0.351 e. The first-order valence-corrected chi connectivity index (χ1v) is 14.9. The lowest BCUT2D eigenvalue weighted by molar-refractivity contribution is -0.130. The Morgan fingerprint density at radius 3 is 2.37 bits per heavy atom. The van der Waals surface area contributed by atoms with Gasteiger partial charge in [0.05, 0.1) is 0 Å². The summed E-state index contributed by atoms with van der Waals surface area (Å²) in [6, 6.07) is 11.9. The van der Waals surface area contributed by atoms with Crippen LogP contribution >= 0.6 is 0 Å². The zero-order valence-electron chi connectivity index (χ0n) is 21.6. The molecule has 2 saturated carbocycles. The lowest BCUT2D eigenvalue weighted by Crippen LogP contribution is -2.54. The quantitative estimate of drug-likeness (QED) is 0.473. The van der Waals surface area contributed by atoms with E-state index in [1.54, 1.807) is 6.07 Å². The van der Waals surface area contributed by atoms with Gasteiger partial charge in [-0.05, 0) is 61.9 Å². The molecule has 0 unspecified atom stereocenters. The molecule has 2 aliphatic carbocycles. The summed E-state index contributed by atoms with van der Waals surface area (Å²) in [6.45, 7) is 2.91. The third kappa shape index (κ3) is 5.92. The van der Waals surface area contributed by atoms with Gasteiger partial charge >= 0.3 is 0 Å². The van der Waals surface area contributed by atoms with Gasteiger partial charge in [0.1, 0.15) is 11.9 Å². The Morgan fingerprint density at radius 2 is 1.71 bits per heavy atom. The number of aryl methyl sites for hydroxylation is 1. The molecule has 0 spiro atoms. The Hall–Kier alpha value is -2.82. The number of anilines is 1. The normalized spacial score (nSPS) is 22.8. The highest BCUT2D eigenvalue weighted by molar-refractivity contribution is 7.87. The summed E-state index contributed by atoms with van der Waals surface area (Å²) in [7, 11) is -3.52. The fourth-order valence-corrected chi connectivity index (χ4v) is 6.85. The molecule has 0 radical (unpaired) electrons. The highest BCUT2D eigenvalue weighted by atomic mass is 32.2. The summed E-state index contributed by atoms with van der Waals surface area (Å²) in [6.07, 6.45) is 5.66. The van der Waals surface area contributed by atoms with Crippen LogP contribution < -0.4 is 14.9 Å². The average Bonchev–Trinajstić information content (AvgIpc) is 3.72. The zero-order valence-corrected chi connectivity index (χ0v) is 22.4. The van der Waals surface area contributed by atoms with E-state index in [1.807, 2.05) is 31.2 Å². The summed E-state index contributed by atoms with van der Waals surface area (Å²) in [5.41, 5.74) is 1.83. The van der Waals surface area contributed by atoms with Crippen molar-refractivity contribution in [2.24, 2.45) is 5.92 Å². The van der Waals surface area contributed by atoms with Gasteiger partial charge in [0, 0.05) is 36.8 Å². The van der Waals surface area contributed by atoms with Gasteiger partial charge < -0.3 is 5.32 Å². The molecule has 1 atom stereocenters. The van der Waals surface area contributed by atoms with Crippen LogP contribution in [0.5, 0.6) is 0 Å². The fraction of sp³-hybridized carbons (Fsp3) is 0.500. The average molecular weight is 543 g/mol. The summed E-state index contributed by atoms with van der Waals surface area (Å²) in [4.78, 5) is 29.4. The van der Waals surface area contributed by atoms with Crippen molar-refractivity contribution >= 4 is 27.7 Å². The molecule has 0 aromatic heterocycles. The first-order valence-electron chi connectivity index (χ1n) is 13.4. The standard InChI is InChI=1S/C28H35FN4O4S/c1-19-8-5-6-13-25(19)26(27(34)30-22-10-3-2-4-11-22)33(24-12-7-9-21(29)18-24)28(35)20-16-23(17-20)31-38(36,37)32-14-15-32/h5-9,12-13,18,20,22-23,26,31H,2-4,10-11,14-17H2,1H3,(H,30,34)/t20?,23?,26-/m0/s1. The molecular weight excluding hydrogens is 507 g/mol. The summed E-state index contributed by atoms with van der Waals surface area (Å²) < 4.78 is 43.0. The van der Waals surface area contributed by atoms with E-state index in [0.29, 0.717) is 37.2 Å². The maximum atomic E-state index is 14.4. The van der Waals surface area contributed by atoms with Gasteiger partial charge in [0.15, 0.2) is 0 Å². The molecule has 1 aliphatic heterocycles. The first-order chi connectivity index (χ1) is 18.2. The van der Waals surface area contributed by atoms with Gasteiger partial charge in [-0.2, -0.15) is 17.4 Å². The minimum atomic E-state index is -3.52. The van der Waals surface area contributed by atoms with E-state index < -0.39 is 28.0 Å². The second kappa shape index (κ2) is 11.1. The SMILES string of the molecule is Cc1ccccc1[C@@H](C(=O)NC1CCCCC1)N(C(=O)C1CC(NS(=O)(=O)N2CC2)C1)c1cccc(F)c1. The van der Waals surface area contributed by atoms with Gasteiger partial charge in [-0.3, -0.25) is 14.5 Å². The minimum absolute atomic E-state index is 0.0344. The number of benzene rings is 2. The number of hydrogen-bond donors (Lipinski definition) is 2. The van der Waals surface area contributed by atoms with Crippen LogP contribution in [0.4, 0.5) is 10.1 Å². The summed E-state index contributed by atoms with van der Waals surface area (Å²) in [5, 5.41) is 3.17. The molecule has 5 rings (SSSR count). The second-order valence-corrected chi connectivity index (χ2v) is 12.4. The highest BCUT2D eigenvalue weighted by Gasteiger charge is 2.44.